The zero-order valence-electron chi connectivity index (χ0n) is 11.7. The Morgan fingerprint density at radius 1 is 1.33 bits per heavy atom. The zero-order chi connectivity index (χ0) is 13.8. The minimum absolute atomic E-state index is 0.0231. The van der Waals surface area contributed by atoms with Gasteiger partial charge in [0.2, 0.25) is 0 Å². The molecular weight excluding hydrogens is 252 g/mol. The first kappa shape index (κ1) is 15.9. The summed E-state index contributed by atoms with van der Waals surface area (Å²) in [7, 11) is -1.74. The quantitative estimate of drug-likeness (QED) is 0.786. The van der Waals surface area contributed by atoms with Crippen LogP contribution in [-0.4, -0.2) is 55.4 Å². The van der Waals surface area contributed by atoms with Gasteiger partial charge in [-0.25, -0.2) is 0 Å². The highest BCUT2D eigenvalue weighted by Gasteiger charge is 2.31. The van der Waals surface area contributed by atoms with Gasteiger partial charge in [0.25, 0.3) is 10.2 Å². The van der Waals surface area contributed by atoms with Crippen molar-refractivity contribution in [2.75, 3.05) is 33.3 Å². The number of piperidine rings is 1. The number of aliphatic hydroxyl groups is 1. The van der Waals surface area contributed by atoms with E-state index in [1.165, 1.54) is 4.31 Å². The van der Waals surface area contributed by atoms with Crippen LogP contribution >= 0.6 is 0 Å². The fraction of sp³-hybridized carbons (Fsp3) is 1.00. The number of hydrogen-bond donors (Lipinski definition) is 1. The van der Waals surface area contributed by atoms with Crippen LogP contribution in [0.3, 0.4) is 0 Å². The summed E-state index contributed by atoms with van der Waals surface area (Å²) in [4.78, 5) is 0. The second-order valence-corrected chi connectivity index (χ2v) is 7.42. The van der Waals surface area contributed by atoms with Gasteiger partial charge in [-0.3, -0.25) is 0 Å². The lowest BCUT2D eigenvalue weighted by molar-refractivity contribution is 0.215. The summed E-state index contributed by atoms with van der Waals surface area (Å²) in [6.45, 7) is 6.03. The Kier molecular flexibility index (Phi) is 6.04. The third-order valence-corrected chi connectivity index (χ3v) is 5.78. The highest BCUT2D eigenvalue weighted by atomic mass is 32.2. The maximum atomic E-state index is 12.2. The highest BCUT2D eigenvalue weighted by molar-refractivity contribution is 7.86. The van der Waals surface area contributed by atoms with Crippen LogP contribution in [0.4, 0.5) is 0 Å². The van der Waals surface area contributed by atoms with Crippen LogP contribution in [0.2, 0.25) is 0 Å². The summed E-state index contributed by atoms with van der Waals surface area (Å²) in [5.74, 6) is 1.26. The topological polar surface area (TPSA) is 60.9 Å². The van der Waals surface area contributed by atoms with Crippen molar-refractivity contribution in [1.82, 2.24) is 8.61 Å². The summed E-state index contributed by atoms with van der Waals surface area (Å²) in [5, 5.41) is 8.75. The van der Waals surface area contributed by atoms with Crippen molar-refractivity contribution in [3.63, 3.8) is 0 Å². The second kappa shape index (κ2) is 6.84. The first-order valence-electron chi connectivity index (χ1n) is 6.72. The van der Waals surface area contributed by atoms with Crippen LogP contribution in [0, 0.1) is 11.8 Å². The normalized spacial score (nSPS) is 19.9. The lowest BCUT2D eigenvalue weighted by atomic mass is 9.87. The van der Waals surface area contributed by atoms with E-state index in [0.717, 1.165) is 12.8 Å². The first-order valence-corrected chi connectivity index (χ1v) is 8.11. The Labute approximate surface area is 111 Å². The Balaban J connectivity index is 2.55. The fourth-order valence-electron chi connectivity index (χ4n) is 2.38. The molecule has 1 saturated heterocycles. The van der Waals surface area contributed by atoms with Crippen LogP contribution < -0.4 is 0 Å². The third-order valence-electron chi connectivity index (χ3n) is 3.79. The fourth-order valence-corrected chi connectivity index (χ4v) is 3.81. The summed E-state index contributed by atoms with van der Waals surface area (Å²) < 4.78 is 27.4. The Morgan fingerprint density at radius 2 is 1.89 bits per heavy atom. The monoisotopic (exact) mass is 278 g/mol. The molecule has 0 bridgehead atoms. The molecule has 1 aliphatic heterocycles. The molecule has 0 unspecified atom stereocenters. The van der Waals surface area contributed by atoms with Gasteiger partial charge in [0.15, 0.2) is 0 Å². The van der Waals surface area contributed by atoms with E-state index in [9.17, 15) is 8.42 Å². The van der Waals surface area contributed by atoms with E-state index in [2.05, 4.69) is 13.8 Å². The van der Waals surface area contributed by atoms with Gasteiger partial charge in [-0.05, 0) is 31.1 Å². The molecule has 0 aromatic carbocycles. The highest BCUT2D eigenvalue weighted by Crippen LogP contribution is 2.26. The number of hydrogen-bond acceptors (Lipinski definition) is 3. The predicted molar refractivity (Wildman–Crippen MR) is 72.4 cm³/mol. The van der Waals surface area contributed by atoms with Gasteiger partial charge in [-0.15, -0.1) is 0 Å². The molecule has 0 spiro atoms. The van der Waals surface area contributed by atoms with E-state index >= 15 is 0 Å². The minimum atomic E-state index is -3.33. The van der Waals surface area contributed by atoms with Crippen LogP contribution in [-0.2, 0) is 10.2 Å². The van der Waals surface area contributed by atoms with Gasteiger partial charge in [0.1, 0.15) is 0 Å². The molecule has 0 aliphatic carbocycles. The molecule has 0 aromatic rings. The predicted octanol–water partition coefficient (Wildman–Crippen LogP) is 0.913. The van der Waals surface area contributed by atoms with Crippen LogP contribution in [0.25, 0.3) is 0 Å². The Morgan fingerprint density at radius 3 is 2.33 bits per heavy atom. The molecule has 5 nitrogen and oxygen atoms in total. The Hall–Kier alpha value is -0.170. The molecule has 0 saturated carbocycles. The van der Waals surface area contributed by atoms with Crippen molar-refractivity contribution in [3.8, 4) is 0 Å². The molecule has 1 heterocycles. The molecule has 108 valence electrons. The van der Waals surface area contributed by atoms with Gasteiger partial charge >= 0.3 is 0 Å². The molecule has 0 radical (unpaired) electrons. The third kappa shape index (κ3) is 3.91. The van der Waals surface area contributed by atoms with Gasteiger partial charge in [-0.2, -0.15) is 17.0 Å². The standard InChI is InChI=1S/C12H26N2O3S/c1-11(2)12-5-8-14(9-6-12)18(16,17)13(3)7-4-10-15/h11-12,15H,4-10H2,1-3H3. The largest absolute Gasteiger partial charge is 0.396 e. The van der Waals surface area contributed by atoms with Crippen molar-refractivity contribution in [1.29, 1.82) is 0 Å². The average molecular weight is 278 g/mol. The summed E-state index contributed by atoms with van der Waals surface area (Å²) in [5.41, 5.74) is 0. The maximum Gasteiger partial charge on any atom is 0.281 e. The summed E-state index contributed by atoms with van der Waals surface area (Å²) >= 11 is 0. The van der Waals surface area contributed by atoms with Crippen LogP contribution in [0.1, 0.15) is 33.1 Å². The minimum Gasteiger partial charge on any atom is -0.396 e. The van der Waals surface area contributed by atoms with Gasteiger partial charge in [-0.1, -0.05) is 13.8 Å². The molecule has 1 fully saturated rings. The number of aliphatic hydroxyl groups excluding tert-OH is 1. The second-order valence-electron chi connectivity index (χ2n) is 5.39. The summed E-state index contributed by atoms with van der Waals surface area (Å²) in [6, 6.07) is 0. The van der Waals surface area contributed by atoms with Crippen molar-refractivity contribution in [2.45, 2.75) is 33.1 Å². The molecular formula is C12H26N2O3S. The SMILES string of the molecule is CC(C)C1CCN(S(=O)(=O)N(C)CCCO)CC1. The van der Waals surface area contributed by atoms with Crippen molar-refractivity contribution in [2.24, 2.45) is 11.8 Å². The summed E-state index contributed by atoms with van der Waals surface area (Å²) in [6.07, 6.45) is 2.38. The van der Waals surface area contributed by atoms with Crippen LogP contribution in [0.15, 0.2) is 0 Å². The first-order chi connectivity index (χ1) is 8.39. The van der Waals surface area contributed by atoms with Gasteiger partial charge in [0, 0.05) is 33.3 Å². The van der Waals surface area contributed by atoms with Crippen molar-refractivity contribution < 1.29 is 13.5 Å². The maximum absolute atomic E-state index is 12.2. The van der Waals surface area contributed by atoms with Crippen LogP contribution in [0.5, 0.6) is 0 Å². The van der Waals surface area contributed by atoms with E-state index in [4.69, 9.17) is 5.11 Å². The van der Waals surface area contributed by atoms with Crippen molar-refractivity contribution in [3.05, 3.63) is 0 Å². The lowest BCUT2D eigenvalue weighted by Gasteiger charge is -2.35. The molecule has 0 atom stereocenters. The number of nitrogens with zero attached hydrogens (tertiary/aromatic N) is 2. The van der Waals surface area contributed by atoms with E-state index in [0.29, 0.717) is 37.9 Å². The molecule has 1 rings (SSSR count). The Bertz CT molecular complexity index is 335. The lowest BCUT2D eigenvalue weighted by Crippen LogP contribution is -2.46. The van der Waals surface area contributed by atoms with Gasteiger partial charge in [0.05, 0.1) is 0 Å². The number of rotatable bonds is 6. The molecule has 0 amide bonds. The van der Waals surface area contributed by atoms with E-state index < -0.39 is 10.2 Å². The van der Waals surface area contributed by atoms with E-state index in [1.54, 1.807) is 11.4 Å². The molecule has 6 heteroatoms. The van der Waals surface area contributed by atoms with Gasteiger partial charge < -0.3 is 5.11 Å². The average Bonchev–Trinajstić information content (AvgIpc) is 2.35. The zero-order valence-corrected chi connectivity index (χ0v) is 12.5. The van der Waals surface area contributed by atoms with Crippen molar-refractivity contribution >= 4 is 10.2 Å². The smallest absolute Gasteiger partial charge is 0.281 e. The molecule has 18 heavy (non-hydrogen) atoms. The molecule has 1 aliphatic rings. The molecule has 1 N–H and O–H groups in total. The molecule has 0 aromatic heterocycles. The van der Waals surface area contributed by atoms with E-state index in [-0.39, 0.29) is 6.61 Å². The van der Waals surface area contributed by atoms with E-state index in [1.807, 2.05) is 0 Å².